The van der Waals surface area contributed by atoms with Crippen molar-refractivity contribution in [1.29, 1.82) is 0 Å². The van der Waals surface area contributed by atoms with Crippen LogP contribution >= 0.6 is 11.3 Å². The zero-order valence-electron chi connectivity index (χ0n) is 11.2. The Hall–Kier alpha value is -2.03. The third kappa shape index (κ3) is 2.77. The molecular formula is C11H15N7OS. The van der Waals surface area contributed by atoms with E-state index in [4.69, 9.17) is 0 Å². The van der Waals surface area contributed by atoms with Gasteiger partial charge in [0.05, 0.1) is 6.04 Å². The van der Waals surface area contributed by atoms with E-state index in [1.165, 1.54) is 24.2 Å². The lowest BCUT2D eigenvalue weighted by atomic mass is 10.3. The number of aryl methyl sites for hydroxylation is 1. The monoisotopic (exact) mass is 293 g/mol. The lowest BCUT2D eigenvalue weighted by molar-refractivity contribution is 0.248. The molecule has 2 N–H and O–H groups in total. The van der Waals surface area contributed by atoms with Crippen LogP contribution in [0.15, 0.2) is 6.33 Å². The van der Waals surface area contributed by atoms with Crippen molar-refractivity contribution in [2.24, 2.45) is 7.05 Å². The number of anilines is 1. The molecule has 1 aliphatic rings. The summed E-state index contributed by atoms with van der Waals surface area (Å²) in [6.07, 6.45) is 3.94. The van der Waals surface area contributed by atoms with Gasteiger partial charge in [-0.25, -0.2) is 4.79 Å². The number of carbonyl (C=O) groups excluding carboxylic acids is 1. The van der Waals surface area contributed by atoms with Gasteiger partial charge in [-0.2, -0.15) is 0 Å². The molecule has 106 valence electrons. The smallest absolute Gasteiger partial charge is 0.321 e. The quantitative estimate of drug-likeness (QED) is 0.888. The molecule has 1 fully saturated rings. The van der Waals surface area contributed by atoms with Crippen molar-refractivity contribution in [2.45, 2.75) is 31.7 Å². The number of hydrogen-bond acceptors (Lipinski definition) is 6. The van der Waals surface area contributed by atoms with E-state index in [0.717, 1.165) is 5.01 Å². The molecule has 0 aliphatic heterocycles. The Kier molecular flexibility index (Phi) is 3.35. The highest BCUT2D eigenvalue weighted by atomic mass is 32.1. The SMILES string of the molecule is C[C@H](NC(=O)Nc1nnc(C2CC2)s1)c1nncn1C. The standard InChI is InChI=1S/C11H15N7OS/c1-6(8-15-12-5-18(8)2)13-10(19)14-11-17-16-9(20-11)7-3-4-7/h5-7H,3-4H2,1-2H3,(H2,13,14,17,19)/t6-/m0/s1. The summed E-state index contributed by atoms with van der Waals surface area (Å²) in [5.41, 5.74) is 0. The van der Waals surface area contributed by atoms with E-state index >= 15 is 0 Å². The number of rotatable bonds is 4. The highest BCUT2D eigenvalue weighted by molar-refractivity contribution is 7.15. The molecular weight excluding hydrogens is 278 g/mol. The van der Waals surface area contributed by atoms with Crippen molar-refractivity contribution in [2.75, 3.05) is 5.32 Å². The van der Waals surface area contributed by atoms with Gasteiger partial charge in [-0.3, -0.25) is 5.32 Å². The summed E-state index contributed by atoms with van der Waals surface area (Å²) in [6, 6.07) is -0.558. The Morgan fingerprint density at radius 1 is 1.45 bits per heavy atom. The fourth-order valence-electron chi connectivity index (χ4n) is 1.86. The number of urea groups is 1. The Bertz CT molecular complexity index is 618. The summed E-state index contributed by atoms with van der Waals surface area (Å²) in [5, 5.41) is 22.8. The molecule has 0 unspecified atom stereocenters. The van der Waals surface area contributed by atoms with Gasteiger partial charge in [0.15, 0.2) is 5.82 Å². The predicted molar refractivity (Wildman–Crippen MR) is 73.5 cm³/mol. The minimum atomic E-state index is -0.320. The van der Waals surface area contributed by atoms with Crippen LogP contribution in [0.3, 0.4) is 0 Å². The van der Waals surface area contributed by atoms with Crippen LogP contribution in [0.1, 0.15) is 42.6 Å². The van der Waals surface area contributed by atoms with E-state index in [2.05, 4.69) is 31.0 Å². The van der Waals surface area contributed by atoms with Gasteiger partial charge in [0.1, 0.15) is 11.3 Å². The topological polar surface area (TPSA) is 97.6 Å². The first-order valence-corrected chi connectivity index (χ1v) is 7.20. The zero-order chi connectivity index (χ0) is 14.1. The third-order valence-corrected chi connectivity index (χ3v) is 4.07. The number of nitrogens with zero attached hydrogens (tertiary/aromatic N) is 5. The van der Waals surface area contributed by atoms with Crippen molar-refractivity contribution in [1.82, 2.24) is 30.3 Å². The average Bonchev–Trinajstić information content (AvgIpc) is 3.00. The molecule has 0 bridgehead atoms. The summed E-state index contributed by atoms with van der Waals surface area (Å²) < 4.78 is 1.76. The molecule has 1 aliphatic carbocycles. The Morgan fingerprint density at radius 3 is 2.90 bits per heavy atom. The molecule has 8 nitrogen and oxygen atoms in total. The van der Waals surface area contributed by atoms with Gasteiger partial charge in [-0.15, -0.1) is 20.4 Å². The fraction of sp³-hybridized carbons (Fsp3) is 0.545. The van der Waals surface area contributed by atoms with Crippen molar-refractivity contribution in [3.8, 4) is 0 Å². The second-order valence-corrected chi connectivity index (χ2v) is 5.85. The molecule has 0 saturated heterocycles. The van der Waals surface area contributed by atoms with Crippen LogP contribution in [0.4, 0.5) is 9.93 Å². The zero-order valence-corrected chi connectivity index (χ0v) is 12.0. The van der Waals surface area contributed by atoms with Gasteiger partial charge in [-0.1, -0.05) is 11.3 Å². The fourth-order valence-corrected chi connectivity index (χ4v) is 2.77. The minimum absolute atomic E-state index is 0.238. The van der Waals surface area contributed by atoms with Crippen molar-refractivity contribution in [3.63, 3.8) is 0 Å². The second kappa shape index (κ2) is 5.16. The lowest BCUT2D eigenvalue weighted by Crippen LogP contribution is -2.32. The molecule has 1 saturated carbocycles. The molecule has 2 heterocycles. The Morgan fingerprint density at radius 2 is 2.25 bits per heavy atom. The third-order valence-electron chi connectivity index (χ3n) is 3.07. The molecule has 0 radical (unpaired) electrons. The van der Waals surface area contributed by atoms with E-state index in [1.807, 2.05) is 14.0 Å². The first kappa shape index (κ1) is 13.0. The van der Waals surface area contributed by atoms with Crippen LogP contribution in [-0.2, 0) is 7.05 Å². The van der Waals surface area contributed by atoms with E-state index < -0.39 is 0 Å². The van der Waals surface area contributed by atoms with E-state index in [1.54, 1.807) is 10.9 Å². The highest BCUT2D eigenvalue weighted by Gasteiger charge is 2.27. The van der Waals surface area contributed by atoms with Gasteiger partial charge in [0.2, 0.25) is 5.13 Å². The maximum atomic E-state index is 11.9. The molecule has 9 heteroatoms. The van der Waals surface area contributed by atoms with Crippen LogP contribution in [-0.4, -0.2) is 31.0 Å². The molecule has 0 spiro atoms. The molecule has 0 aromatic carbocycles. The minimum Gasteiger partial charge on any atom is -0.328 e. The summed E-state index contributed by atoms with van der Waals surface area (Å²) in [5.74, 6) is 1.24. The van der Waals surface area contributed by atoms with Crippen LogP contribution in [0.2, 0.25) is 0 Å². The maximum absolute atomic E-state index is 11.9. The first-order chi connectivity index (χ1) is 9.63. The van der Waals surface area contributed by atoms with Crippen molar-refractivity contribution >= 4 is 22.5 Å². The van der Waals surface area contributed by atoms with Crippen LogP contribution in [0, 0.1) is 0 Å². The van der Waals surface area contributed by atoms with Gasteiger partial charge in [0.25, 0.3) is 0 Å². The summed E-state index contributed by atoms with van der Waals surface area (Å²) in [4.78, 5) is 11.9. The molecule has 1 atom stereocenters. The van der Waals surface area contributed by atoms with Crippen LogP contribution in [0.25, 0.3) is 0 Å². The highest BCUT2D eigenvalue weighted by Crippen LogP contribution is 2.41. The van der Waals surface area contributed by atoms with Crippen molar-refractivity contribution in [3.05, 3.63) is 17.2 Å². The van der Waals surface area contributed by atoms with Gasteiger partial charge >= 0.3 is 6.03 Å². The van der Waals surface area contributed by atoms with Gasteiger partial charge in [-0.05, 0) is 19.8 Å². The number of hydrogen-bond donors (Lipinski definition) is 2. The molecule has 20 heavy (non-hydrogen) atoms. The second-order valence-electron chi connectivity index (χ2n) is 4.84. The summed E-state index contributed by atoms with van der Waals surface area (Å²) >= 11 is 1.43. The largest absolute Gasteiger partial charge is 0.328 e. The maximum Gasteiger partial charge on any atom is 0.321 e. The van der Waals surface area contributed by atoms with Gasteiger partial charge in [0, 0.05) is 13.0 Å². The molecule has 2 aromatic rings. The Balaban J connectivity index is 1.57. The summed E-state index contributed by atoms with van der Waals surface area (Å²) in [7, 11) is 1.83. The molecule has 3 rings (SSSR count). The molecule has 2 amide bonds. The number of aromatic nitrogens is 5. The van der Waals surface area contributed by atoms with E-state index in [-0.39, 0.29) is 12.1 Å². The van der Waals surface area contributed by atoms with Crippen LogP contribution in [0.5, 0.6) is 0 Å². The number of nitrogens with one attached hydrogen (secondary N) is 2. The lowest BCUT2D eigenvalue weighted by Gasteiger charge is -2.12. The van der Waals surface area contributed by atoms with Crippen LogP contribution < -0.4 is 10.6 Å². The first-order valence-electron chi connectivity index (χ1n) is 6.38. The van der Waals surface area contributed by atoms with E-state index in [9.17, 15) is 4.79 Å². The van der Waals surface area contributed by atoms with Gasteiger partial charge < -0.3 is 9.88 Å². The normalized spacial score (nSPS) is 15.9. The Labute approximate surface area is 119 Å². The summed E-state index contributed by atoms with van der Waals surface area (Å²) in [6.45, 7) is 1.85. The van der Waals surface area contributed by atoms with E-state index in [0.29, 0.717) is 16.9 Å². The predicted octanol–water partition coefficient (Wildman–Crippen LogP) is 1.43. The molecule has 2 aromatic heterocycles. The number of carbonyl (C=O) groups is 1. The van der Waals surface area contributed by atoms with Crippen molar-refractivity contribution < 1.29 is 4.79 Å². The number of amides is 2. The average molecular weight is 293 g/mol.